The number of amides is 1. The van der Waals surface area contributed by atoms with E-state index in [1.54, 1.807) is 12.1 Å². The van der Waals surface area contributed by atoms with Gasteiger partial charge in [-0.3, -0.25) is 4.90 Å². The van der Waals surface area contributed by atoms with Crippen LogP contribution in [0.25, 0.3) is 22.3 Å². The molecular weight excluding hydrogens is 436 g/mol. The highest BCUT2D eigenvalue weighted by Gasteiger charge is 2.35. The van der Waals surface area contributed by atoms with E-state index in [4.69, 9.17) is 24.5 Å². The summed E-state index contributed by atoms with van der Waals surface area (Å²) in [4.78, 5) is 24.8. The Morgan fingerprint density at radius 3 is 2.44 bits per heavy atom. The Hall–Kier alpha value is -3.24. The number of fused-ring (bicyclic) bond motifs is 3. The van der Waals surface area contributed by atoms with Gasteiger partial charge in [-0.2, -0.15) is 10.1 Å². The predicted molar refractivity (Wildman–Crippen MR) is 126 cm³/mol. The van der Waals surface area contributed by atoms with Gasteiger partial charge < -0.3 is 19.5 Å². The molecule has 1 aromatic carbocycles. The van der Waals surface area contributed by atoms with Crippen molar-refractivity contribution in [1.82, 2.24) is 19.7 Å². The van der Waals surface area contributed by atoms with E-state index in [1.165, 1.54) is 11.9 Å². The molecule has 3 aliphatic rings. The Kier molecular flexibility index (Phi) is 5.34. The highest BCUT2D eigenvalue weighted by Crippen LogP contribution is 2.34. The van der Waals surface area contributed by atoms with Gasteiger partial charge >= 0.3 is 6.09 Å². The van der Waals surface area contributed by atoms with Crippen LogP contribution in [0.2, 0.25) is 0 Å². The zero-order chi connectivity index (χ0) is 23.2. The molecule has 5 heterocycles. The Morgan fingerprint density at radius 1 is 1.06 bits per heavy atom. The fraction of sp³-hybridized carbons (Fsp3) is 0.500. The van der Waals surface area contributed by atoms with Crippen molar-refractivity contribution in [2.45, 2.75) is 43.9 Å². The van der Waals surface area contributed by atoms with Gasteiger partial charge in [-0.1, -0.05) is 12.1 Å². The molecule has 0 saturated carbocycles. The molecule has 3 aliphatic heterocycles. The smallest absolute Gasteiger partial charge is 0.411 e. The Morgan fingerprint density at radius 2 is 1.76 bits per heavy atom. The number of carboxylic acid groups (broad SMARTS) is 1. The lowest BCUT2D eigenvalue weighted by Crippen LogP contribution is -2.43. The number of rotatable bonds is 4. The maximum atomic E-state index is 11.3. The third kappa shape index (κ3) is 3.76. The van der Waals surface area contributed by atoms with E-state index in [9.17, 15) is 9.90 Å². The molecule has 3 aromatic rings. The monoisotopic (exact) mass is 464 g/mol. The molecule has 3 fully saturated rings. The second kappa shape index (κ2) is 8.52. The fourth-order valence-corrected chi connectivity index (χ4v) is 5.20. The van der Waals surface area contributed by atoms with Crippen molar-refractivity contribution in [3.05, 3.63) is 30.5 Å². The standard InChI is InChI=1S/C24H28N6O4/c1-28(24(31)32)16-4-2-15(3-5-16)21-20-12-25-30(17-8-10-33-11-9-17)22(20)27-23(26-21)29-13-18-6-7-19(14-29)34-18/h2-5,12,17-19H,6-11,13-14H2,1H3,(H,31,32). The molecule has 10 heteroatoms. The van der Waals surface area contributed by atoms with E-state index in [0.29, 0.717) is 11.6 Å². The zero-order valence-corrected chi connectivity index (χ0v) is 19.1. The van der Waals surface area contributed by atoms with Crippen LogP contribution in [0.1, 0.15) is 31.7 Å². The van der Waals surface area contributed by atoms with Crippen LogP contribution in [0, 0.1) is 0 Å². The minimum Gasteiger partial charge on any atom is -0.465 e. The molecule has 0 radical (unpaired) electrons. The average molecular weight is 465 g/mol. The minimum atomic E-state index is -1.00. The number of anilines is 2. The molecule has 0 aliphatic carbocycles. The lowest BCUT2D eigenvalue weighted by Gasteiger charge is -2.32. The summed E-state index contributed by atoms with van der Waals surface area (Å²) in [5.41, 5.74) is 3.14. The normalized spacial score (nSPS) is 22.9. The van der Waals surface area contributed by atoms with Crippen LogP contribution in [0.5, 0.6) is 0 Å². The molecule has 2 atom stereocenters. The first kappa shape index (κ1) is 21.3. The third-order valence-electron chi connectivity index (χ3n) is 7.12. The molecule has 2 bridgehead atoms. The molecule has 178 valence electrons. The van der Waals surface area contributed by atoms with Crippen LogP contribution in [-0.4, -0.2) is 76.5 Å². The van der Waals surface area contributed by atoms with Crippen LogP contribution in [0.3, 0.4) is 0 Å². The first-order chi connectivity index (χ1) is 16.6. The SMILES string of the molecule is CN(C(=O)O)c1ccc(-c2nc(N3CC4CCC(C3)O4)nc3c2cnn3C2CCOCC2)cc1. The number of morpholine rings is 1. The second-order valence-electron chi connectivity index (χ2n) is 9.29. The maximum Gasteiger partial charge on any atom is 0.411 e. The third-order valence-corrected chi connectivity index (χ3v) is 7.12. The summed E-state index contributed by atoms with van der Waals surface area (Å²) in [6.45, 7) is 3.02. The molecule has 0 spiro atoms. The summed E-state index contributed by atoms with van der Waals surface area (Å²) in [5.74, 6) is 0.697. The molecule has 2 unspecified atom stereocenters. The van der Waals surface area contributed by atoms with Gasteiger partial charge in [-0.05, 0) is 37.8 Å². The molecule has 6 rings (SSSR count). The number of hydrogen-bond donors (Lipinski definition) is 1. The van der Waals surface area contributed by atoms with Crippen molar-refractivity contribution in [2.24, 2.45) is 0 Å². The van der Waals surface area contributed by atoms with Gasteiger partial charge in [-0.15, -0.1) is 0 Å². The molecule has 1 N–H and O–H groups in total. The molecule has 34 heavy (non-hydrogen) atoms. The van der Waals surface area contributed by atoms with E-state index in [1.807, 2.05) is 23.0 Å². The van der Waals surface area contributed by atoms with E-state index in [2.05, 4.69) is 4.90 Å². The maximum absolute atomic E-state index is 11.3. The van der Waals surface area contributed by atoms with Crippen molar-refractivity contribution in [2.75, 3.05) is 43.2 Å². The predicted octanol–water partition coefficient (Wildman–Crippen LogP) is 3.33. The average Bonchev–Trinajstić information content (AvgIpc) is 3.45. The largest absolute Gasteiger partial charge is 0.465 e. The molecular formula is C24H28N6O4. The minimum absolute atomic E-state index is 0.229. The van der Waals surface area contributed by atoms with Crippen LogP contribution < -0.4 is 9.80 Å². The molecule has 2 aromatic heterocycles. The Balaban J connectivity index is 1.44. The highest BCUT2D eigenvalue weighted by molar-refractivity contribution is 5.92. The number of carbonyl (C=O) groups is 1. The molecule has 3 saturated heterocycles. The Bertz CT molecular complexity index is 1190. The van der Waals surface area contributed by atoms with Crippen molar-refractivity contribution < 1.29 is 19.4 Å². The van der Waals surface area contributed by atoms with Crippen molar-refractivity contribution >= 4 is 28.8 Å². The summed E-state index contributed by atoms with van der Waals surface area (Å²) >= 11 is 0. The van der Waals surface area contributed by atoms with Crippen LogP contribution in [-0.2, 0) is 9.47 Å². The first-order valence-electron chi connectivity index (χ1n) is 11.9. The van der Waals surface area contributed by atoms with Crippen molar-refractivity contribution in [3.63, 3.8) is 0 Å². The topological polar surface area (TPSA) is 106 Å². The Labute approximate surface area is 197 Å². The van der Waals surface area contributed by atoms with Gasteiger partial charge in [-0.25, -0.2) is 14.5 Å². The van der Waals surface area contributed by atoms with Gasteiger partial charge in [0.25, 0.3) is 0 Å². The first-order valence-corrected chi connectivity index (χ1v) is 11.9. The van der Waals surface area contributed by atoms with Gasteiger partial charge in [0.05, 0.1) is 35.5 Å². The van der Waals surface area contributed by atoms with Crippen LogP contribution in [0.15, 0.2) is 30.5 Å². The highest BCUT2D eigenvalue weighted by atomic mass is 16.5. The van der Waals surface area contributed by atoms with E-state index in [0.717, 1.165) is 74.3 Å². The van der Waals surface area contributed by atoms with Crippen LogP contribution in [0.4, 0.5) is 16.4 Å². The number of hydrogen-bond acceptors (Lipinski definition) is 7. The van der Waals surface area contributed by atoms with E-state index < -0.39 is 6.09 Å². The lowest BCUT2D eigenvalue weighted by molar-refractivity contribution is 0.0299. The second-order valence-corrected chi connectivity index (χ2v) is 9.29. The lowest BCUT2D eigenvalue weighted by atomic mass is 10.1. The van der Waals surface area contributed by atoms with Crippen LogP contribution >= 0.6 is 0 Å². The molecule has 1 amide bonds. The van der Waals surface area contributed by atoms with Gasteiger partial charge in [0.1, 0.15) is 0 Å². The number of aromatic nitrogens is 4. The van der Waals surface area contributed by atoms with Gasteiger partial charge in [0.15, 0.2) is 5.65 Å². The summed E-state index contributed by atoms with van der Waals surface area (Å²) in [5, 5.41) is 14.9. The summed E-state index contributed by atoms with van der Waals surface area (Å²) in [6, 6.07) is 7.67. The van der Waals surface area contributed by atoms with Gasteiger partial charge in [0, 0.05) is 44.6 Å². The quantitative estimate of drug-likeness (QED) is 0.627. The fourth-order valence-electron chi connectivity index (χ4n) is 5.20. The zero-order valence-electron chi connectivity index (χ0n) is 19.1. The number of nitrogens with zero attached hydrogens (tertiary/aromatic N) is 6. The number of benzene rings is 1. The summed E-state index contributed by atoms with van der Waals surface area (Å²) < 4.78 is 13.6. The van der Waals surface area contributed by atoms with Gasteiger partial charge in [0.2, 0.25) is 5.95 Å². The van der Waals surface area contributed by atoms with E-state index in [-0.39, 0.29) is 18.2 Å². The van der Waals surface area contributed by atoms with Crippen molar-refractivity contribution in [1.29, 1.82) is 0 Å². The van der Waals surface area contributed by atoms with E-state index >= 15 is 0 Å². The molecule has 10 nitrogen and oxygen atoms in total. The summed E-state index contributed by atoms with van der Waals surface area (Å²) in [6.07, 6.45) is 5.28. The summed E-state index contributed by atoms with van der Waals surface area (Å²) in [7, 11) is 1.53. The number of ether oxygens (including phenoxy) is 2. The van der Waals surface area contributed by atoms with Crippen molar-refractivity contribution in [3.8, 4) is 11.3 Å².